The Morgan fingerprint density at radius 1 is 1.25 bits per heavy atom. The monoisotopic (exact) mass is 333 g/mol. The van der Waals surface area contributed by atoms with Gasteiger partial charge in [0.2, 0.25) is 0 Å². The van der Waals surface area contributed by atoms with Crippen molar-refractivity contribution in [3.63, 3.8) is 0 Å². The standard InChI is InChI=1S/C10H6F2IN3/c11-6-1-2-7(12)9(3-6)16-10-8(13)4-14-5-15-10/h1-5H,(H,14,15,16). The fourth-order valence-electron chi connectivity index (χ4n) is 1.13. The van der Waals surface area contributed by atoms with E-state index in [4.69, 9.17) is 0 Å². The van der Waals surface area contributed by atoms with E-state index >= 15 is 0 Å². The Bertz CT molecular complexity index is 519. The first-order valence-electron chi connectivity index (χ1n) is 4.34. The maximum Gasteiger partial charge on any atom is 0.147 e. The molecule has 1 aromatic heterocycles. The largest absolute Gasteiger partial charge is 0.337 e. The van der Waals surface area contributed by atoms with E-state index in [-0.39, 0.29) is 5.69 Å². The molecular formula is C10H6F2IN3. The molecule has 0 aliphatic rings. The summed E-state index contributed by atoms with van der Waals surface area (Å²) >= 11 is 2.00. The highest BCUT2D eigenvalue weighted by atomic mass is 127. The molecule has 0 saturated carbocycles. The maximum absolute atomic E-state index is 13.3. The predicted octanol–water partition coefficient (Wildman–Crippen LogP) is 3.10. The van der Waals surface area contributed by atoms with E-state index < -0.39 is 11.6 Å². The summed E-state index contributed by atoms with van der Waals surface area (Å²) < 4.78 is 26.9. The van der Waals surface area contributed by atoms with E-state index in [1.807, 2.05) is 22.6 Å². The molecule has 0 atom stereocenters. The van der Waals surface area contributed by atoms with Gasteiger partial charge in [-0.15, -0.1) is 0 Å². The molecule has 0 spiro atoms. The highest BCUT2D eigenvalue weighted by Gasteiger charge is 2.06. The van der Waals surface area contributed by atoms with E-state index in [9.17, 15) is 8.78 Å². The van der Waals surface area contributed by atoms with Crippen molar-refractivity contribution in [3.05, 3.63) is 45.9 Å². The average Bonchev–Trinajstić information content (AvgIpc) is 2.27. The lowest BCUT2D eigenvalue weighted by Crippen LogP contribution is -1.99. The minimum Gasteiger partial charge on any atom is -0.337 e. The normalized spacial score (nSPS) is 10.2. The van der Waals surface area contributed by atoms with Gasteiger partial charge in [0.1, 0.15) is 23.8 Å². The van der Waals surface area contributed by atoms with Crippen molar-refractivity contribution in [2.24, 2.45) is 0 Å². The van der Waals surface area contributed by atoms with E-state index in [0.29, 0.717) is 5.82 Å². The number of nitrogens with one attached hydrogen (secondary N) is 1. The topological polar surface area (TPSA) is 37.8 Å². The van der Waals surface area contributed by atoms with Gasteiger partial charge < -0.3 is 5.32 Å². The van der Waals surface area contributed by atoms with Crippen molar-refractivity contribution >= 4 is 34.1 Å². The molecule has 16 heavy (non-hydrogen) atoms. The van der Waals surface area contributed by atoms with E-state index in [2.05, 4.69) is 15.3 Å². The number of halogens is 3. The maximum atomic E-state index is 13.3. The first kappa shape index (κ1) is 11.2. The van der Waals surface area contributed by atoms with Crippen LogP contribution in [0.3, 0.4) is 0 Å². The van der Waals surface area contributed by atoms with Gasteiger partial charge in [0.15, 0.2) is 0 Å². The SMILES string of the molecule is Fc1ccc(F)c(Nc2ncncc2I)c1. The molecule has 6 heteroatoms. The molecule has 0 fully saturated rings. The molecule has 1 N–H and O–H groups in total. The second kappa shape index (κ2) is 4.69. The van der Waals surface area contributed by atoms with Crippen LogP contribution in [-0.4, -0.2) is 9.97 Å². The molecule has 0 bridgehead atoms. The lowest BCUT2D eigenvalue weighted by Gasteiger charge is -2.07. The summed E-state index contributed by atoms with van der Waals surface area (Å²) in [5.74, 6) is -0.594. The lowest BCUT2D eigenvalue weighted by atomic mass is 10.3. The van der Waals surface area contributed by atoms with Gasteiger partial charge in [0.05, 0.1) is 9.26 Å². The molecule has 0 aliphatic heterocycles. The third-order valence-corrected chi connectivity index (χ3v) is 2.64. The van der Waals surface area contributed by atoms with Crippen LogP contribution in [0.4, 0.5) is 20.3 Å². The third-order valence-electron chi connectivity index (χ3n) is 1.85. The minimum absolute atomic E-state index is 0.0524. The van der Waals surface area contributed by atoms with Crippen molar-refractivity contribution in [3.8, 4) is 0 Å². The van der Waals surface area contributed by atoms with Crippen LogP contribution in [0.15, 0.2) is 30.7 Å². The zero-order valence-corrected chi connectivity index (χ0v) is 10.1. The Balaban J connectivity index is 2.34. The van der Waals surface area contributed by atoms with E-state index in [0.717, 1.165) is 21.8 Å². The Hall–Kier alpha value is -1.31. The Morgan fingerprint density at radius 2 is 2.06 bits per heavy atom. The molecule has 2 rings (SSSR count). The van der Waals surface area contributed by atoms with Gasteiger partial charge in [-0.1, -0.05) is 0 Å². The highest BCUT2D eigenvalue weighted by molar-refractivity contribution is 14.1. The smallest absolute Gasteiger partial charge is 0.147 e. The van der Waals surface area contributed by atoms with Gasteiger partial charge in [-0.25, -0.2) is 18.7 Å². The highest BCUT2D eigenvalue weighted by Crippen LogP contribution is 2.22. The van der Waals surface area contributed by atoms with Crippen LogP contribution in [0.1, 0.15) is 0 Å². The summed E-state index contributed by atoms with van der Waals surface area (Å²) in [4.78, 5) is 7.73. The molecule has 82 valence electrons. The second-order valence-electron chi connectivity index (χ2n) is 2.97. The molecule has 2 aromatic rings. The van der Waals surface area contributed by atoms with Gasteiger partial charge in [-0.05, 0) is 34.7 Å². The van der Waals surface area contributed by atoms with E-state index in [1.54, 1.807) is 6.20 Å². The van der Waals surface area contributed by atoms with Crippen LogP contribution in [0.5, 0.6) is 0 Å². The molecule has 1 heterocycles. The number of rotatable bonds is 2. The number of benzene rings is 1. The number of nitrogens with zero attached hydrogens (tertiary/aromatic N) is 2. The van der Waals surface area contributed by atoms with Gasteiger partial charge >= 0.3 is 0 Å². The van der Waals surface area contributed by atoms with Gasteiger partial charge in [0, 0.05) is 12.3 Å². The fourth-order valence-corrected chi connectivity index (χ4v) is 1.56. The quantitative estimate of drug-likeness (QED) is 0.859. The van der Waals surface area contributed by atoms with Gasteiger partial charge in [-0.3, -0.25) is 0 Å². The number of hydrogen-bond donors (Lipinski definition) is 1. The van der Waals surface area contributed by atoms with Crippen molar-refractivity contribution in [2.45, 2.75) is 0 Å². The summed E-state index contributed by atoms with van der Waals surface area (Å²) in [7, 11) is 0. The summed E-state index contributed by atoms with van der Waals surface area (Å²) in [6.07, 6.45) is 2.91. The van der Waals surface area contributed by atoms with Crippen LogP contribution in [-0.2, 0) is 0 Å². The van der Waals surface area contributed by atoms with E-state index in [1.165, 1.54) is 6.33 Å². The third kappa shape index (κ3) is 2.43. The van der Waals surface area contributed by atoms with Gasteiger partial charge in [-0.2, -0.15) is 0 Å². The molecule has 3 nitrogen and oxygen atoms in total. The first-order chi connectivity index (χ1) is 7.66. The first-order valence-corrected chi connectivity index (χ1v) is 5.42. The van der Waals surface area contributed by atoms with Crippen LogP contribution < -0.4 is 5.32 Å². The van der Waals surface area contributed by atoms with Crippen LogP contribution in [0.2, 0.25) is 0 Å². The second-order valence-corrected chi connectivity index (χ2v) is 4.13. The van der Waals surface area contributed by atoms with Crippen molar-refractivity contribution in [1.82, 2.24) is 9.97 Å². The van der Waals surface area contributed by atoms with Crippen molar-refractivity contribution < 1.29 is 8.78 Å². The fraction of sp³-hybridized carbons (Fsp3) is 0. The molecule has 0 aliphatic carbocycles. The summed E-state index contributed by atoms with van der Waals surface area (Å²) in [6, 6.07) is 3.20. The number of anilines is 2. The summed E-state index contributed by atoms with van der Waals surface area (Å²) in [5.41, 5.74) is 0.0524. The van der Waals surface area contributed by atoms with Crippen LogP contribution in [0.25, 0.3) is 0 Å². The molecular weight excluding hydrogens is 327 g/mol. The van der Waals surface area contributed by atoms with Crippen molar-refractivity contribution in [2.75, 3.05) is 5.32 Å². The lowest BCUT2D eigenvalue weighted by molar-refractivity contribution is 0.603. The van der Waals surface area contributed by atoms with Crippen LogP contribution >= 0.6 is 22.6 Å². The average molecular weight is 333 g/mol. The zero-order chi connectivity index (χ0) is 11.5. The minimum atomic E-state index is -0.532. The molecule has 0 radical (unpaired) electrons. The van der Waals surface area contributed by atoms with Gasteiger partial charge in [0.25, 0.3) is 0 Å². The molecule has 0 amide bonds. The molecule has 0 saturated heterocycles. The predicted molar refractivity (Wildman–Crippen MR) is 64.4 cm³/mol. The summed E-state index contributed by atoms with van der Waals surface area (Å²) in [6.45, 7) is 0. The summed E-state index contributed by atoms with van der Waals surface area (Å²) in [5, 5.41) is 2.71. The number of aromatic nitrogens is 2. The Kier molecular flexibility index (Phi) is 3.28. The number of hydrogen-bond acceptors (Lipinski definition) is 3. The van der Waals surface area contributed by atoms with Crippen molar-refractivity contribution in [1.29, 1.82) is 0 Å². The Morgan fingerprint density at radius 3 is 2.81 bits per heavy atom. The van der Waals surface area contributed by atoms with Crippen LogP contribution in [0, 0.1) is 15.2 Å². The molecule has 1 aromatic carbocycles. The zero-order valence-electron chi connectivity index (χ0n) is 7.92. The Labute approximate surface area is 104 Å². The molecule has 0 unspecified atom stereocenters.